The number of hydrogen-bond acceptors (Lipinski definition) is 4. The van der Waals surface area contributed by atoms with Crippen LogP contribution in [0.25, 0.3) is 0 Å². The minimum atomic E-state index is -1.21. The first-order chi connectivity index (χ1) is 15.5. The molecule has 1 saturated carbocycles. The van der Waals surface area contributed by atoms with E-state index < -0.39 is 5.41 Å². The lowest BCUT2D eigenvalue weighted by molar-refractivity contribution is -0.144. The Bertz CT molecular complexity index is 1050. The Morgan fingerprint density at radius 3 is 2.62 bits per heavy atom. The van der Waals surface area contributed by atoms with E-state index in [9.17, 15) is 14.4 Å². The second kappa shape index (κ2) is 9.04. The molecule has 0 spiro atoms. The molecule has 4 rings (SSSR count). The fourth-order valence-electron chi connectivity index (χ4n) is 5.15. The zero-order valence-corrected chi connectivity index (χ0v) is 18.4. The molecule has 1 aromatic heterocycles. The maximum Gasteiger partial charge on any atom is 0.241 e. The Kier molecular flexibility index (Phi) is 6.18. The summed E-state index contributed by atoms with van der Waals surface area (Å²) in [6.45, 7) is 2.23. The zero-order valence-electron chi connectivity index (χ0n) is 18.4. The lowest BCUT2D eigenvalue weighted by atomic mass is 9.73. The van der Waals surface area contributed by atoms with E-state index in [0.29, 0.717) is 5.76 Å². The number of carbonyl (C=O) groups is 3. The number of amides is 3. The van der Waals surface area contributed by atoms with Gasteiger partial charge in [-0.25, -0.2) is 0 Å². The highest BCUT2D eigenvalue weighted by atomic mass is 16.3. The quantitative estimate of drug-likeness (QED) is 0.495. The van der Waals surface area contributed by atoms with Crippen LogP contribution in [-0.4, -0.2) is 40.1 Å². The number of terminal acetylenes is 1. The third kappa shape index (κ3) is 3.95. The van der Waals surface area contributed by atoms with E-state index in [1.807, 2.05) is 31.2 Å². The first kappa shape index (κ1) is 21.9. The summed E-state index contributed by atoms with van der Waals surface area (Å²) < 4.78 is 5.39. The molecule has 0 radical (unpaired) electrons. The van der Waals surface area contributed by atoms with Crippen LogP contribution in [0.1, 0.15) is 55.4 Å². The van der Waals surface area contributed by atoms with E-state index in [0.717, 1.165) is 36.8 Å². The molecule has 2 aliphatic rings. The van der Waals surface area contributed by atoms with Crippen molar-refractivity contribution in [3.8, 4) is 12.3 Å². The van der Waals surface area contributed by atoms with Gasteiger partial charge in [0.25, 0.3) is 0 Å². The molecule has 2 fully saturated rings. The summed E-state index contributed by atoms with van der Waals surface area (Å²) in [5.74, 6) is 2.43. The highest BCUT2D eigenvalue weighted by Gasteiger charge is 2.56. The average molecular weight is 433 g/mol. The largest absolute Gasteiger partial charge is 0.467 e. The zero-order chi connectivity index (χ0) is 22.7. The monoisotopic (exact) mass is 432 g/mol. The maximum absolute atomic E-state index is 13.9. The standard InChI is InChI=1S/C26H28N2O4/c1-3-14-27(18-21-12-8-15-32-21)23(29)16-26(22-13-7-4-9-19(22)2)17-24(30)28(25(26)31)20-10-5-6-11-20/h1,4,7-9,12-13,15,20H,5-6,10-11,14,16-18H2,2H3/t26-/m0/s1. The van der Waals surface area contributed by atoms with Crippen molar-refractivity contribution in [2.75, 3.05) is 6.54 Å². The third-order valence-corrected chi connectivity index (χ3v) is 6.72. The molecule has 6 heteroatoms. The van der Waals surface area contributed by atoms with Crippen LogP contribution < -0.4 is 0 Å². The molecule has 0 unspecified atom stereocenters. The highest BCUT2D eigenvalue weighted by molar-refractivity contribution is 6.11. The first-order valence-corrected chi connectivity index (χ1v) is 11.1. The van der Waals surface area contributed by atoms with Gasteiger partial charge < -0.3 is 9.32 Å². The lowest BCUT2D eigenvalue weighted by Crippen LogP contribution is -2.46. The number of rotatable bonds is 7. The molecule has 0 bridgehead atoms. The molecule has 1 saturated heterocycles. The van der Waals surface area contributed by atoms with Gasteiger partial charge in [-0.1, -0.05) is 43.0 Å². The van der Waals surface area contributed by atoms with Crippen LogP contribution in [0.5, 0.6) is 0 Å². The number of nitrogens with zero attached hydrogens (tertiary/aromatic N) is 2. The molecule has 2 heterocycles. The van der Waals surface area contributed by atoms with Crippen molar-refractivity contribution in [3.05, 3.63) is 59.5 Å². The Labute approximate surface area is 188 Å². The van der Waals surface area contributed by atoms with Crippen LogP contribution in [0.2, 0.25) is 0 Å². The maximum atomic E-state index is 13.9. The Morgan fingerprint density at radius 1 is 1.22 bits per heavy atom. The van der Waals surface area contributed by atoms with E-state index in [-0.39, 0.29) is 49.7 Å². The van der Waals surface area contributed by atoms with Gasteiger partial charge in [0.05, 0.1) is 24.8 Å². The Hall–Kier alpha value is -3.33. The Balaban J connectivity index is 1.70. The van der Waals surface area contributed by atoms with Gasteiger partial charge in [0.1, 0.15) is 5.76 Å². The minimum absolute atomic E-state index is 0.00354. The van der Waals surface area contributed by atoms with Gasteiger partial charge in [0.2, 0.25) is 17.7 Å². The van der Waals surface area contributed by atoms with Crippen molar-refractivity contribution in [2.24, 2.45) is 0 Å². The lowest BCUT2D eigenvalue weighted by Gasteiger charge is -2.32. The highest BCUT2D eigenvalue weighted by Crippen LogP contribution is 2.44. The molecule has 0 N–H and O–H groups in total. The van der Waals surface area contributed by atoms with Gasteiger partial charge in [-0.05, 0) is 43.0 Å². The molecule has 6 nitrogen and oxygen atoms in total. The number of aryl methyl sites for hydroxylation is 1. The number of benzene rings is 1. The normalized spacial score (nSPS) is 21.2. The van der Waals surface area contributed by atoms with Gasteiger partial charge in [-0.2, -0.15) is 0 Å². The van der Waals surface area contributed by atoms with Crippen LogP contribution in [0.3, 0.4) is 0 Å². The van der Waals surface area contributed by atoms with Crippen molar-refractivity contribution >= 4 is 17.7 Å². The summed E-state index contributed by atoms with van der Waals surface area (Å²) in [6.07, 6.45) is 10.6. The summed E-state index contributed by atoms with van der Waals surface area (Å²) in [5, 5.41) is 0. The van der Waals surface area contributed by atoms with Crippen LogP contribution in [0.15, 0.2) is 47.1 Å². The molecule has 1 aliphatic heterocycles. The number of hydrogen-bond donors (Lipinski definition) is 0. The molecule has 32 heavy (non-hydrogen) atoms. The van der Waals surface area contributed by atoms with Crippen molar-refractivity contribution in [1.29, 1.82) is 0 Å². The summed E-state index contributed by atoms with van der Waals surface area (Å²) in [4.78, 5) is 43.5. The van der Waals surface area contributed by atoms with E-state index in [1.165, 1.54) is 9.80 Å². The van der Waals surface area contributed by atoms with Gasteiger partial charge in [0, 0.05) is 18.9 Å². The fourth-order valence-corrected chi connectivity index (χ4v) is 5.15. The molecule has 1 atom stereocenters. The summed E-state index contributed by atoms with van der Waals surface area (Å²) in [5.41, 5.74) is 0.424. The van der Waals surface area contributed by atoms with Gasteiger partial charge in [0.15, 0.2) is 0 Å². The van der Waals surface area contributed by atoms with Crippen molar-refractivity contribution in [2.45, 2.75) is 63.5 Å². The molecular formula is C26H28N2O4. The molecule has 166 valence electrons. The van der Waals surface area contributed by atoms with Gasteiger partial charge >= 0.3 is 0 Å². The number of carbonyl (C=O) groups excluding carboxylic acids is 3. The van der Waals surface area contributed by atoms with Crippen LogP contribution in [-0.2, 0) is 26.3 Å². The van der Waals surface area contributed by atoms with E-state index >= 15 is 0 Å². The van der Waals surface area contributed by atoms with E-state index in [2.05, 4.69) is 5.92 Å². The Morgan fingerprint density at radius 2 is 1.97 bits per heavy atom. The van der Waals surface area contributed by atoms with Crippen molar-refractivity contribution < 1.29 is 18.8 Å². The van der Waals surface area contributed by atoms with Crippen LogP contribution in [0, 0.1) is 19.3 Å². The summed E-state index contributed by atoms with van der Waals surface area (Å²) >= 11 is 0. The molecular weight excluding hydrogens is 404 g/mol. The SMILES string of the molecule is C#CCN(Cc1ccco1)C(=O)C[C@@]1(c2ccccc2C)CC(=O)N(C2CCCC2)C1=O. The van der Waals surface area contributed by atoms with Crippen LogP contribution >= 0.6 is 0 Å². The second-order valence-corrected chi connectivity index (χ2v) is 8.79. The second-order valence-electron chi connectivity index (χ2n) is 8.79. The van der Waals surface area contributed by atoms with Crippen molar-refractivity contribution in [3.63, 3.8) is 0 Å². The predicted octanol–water partition coefficient (Wildman–Crippen LogP) is 3.58. The van der Waals surface area contributed by atoms with Gasteiger partial charge in [-0.15, -0.1) is 6.42 Å². The number of furan rings is 1. The molecule has 1 aliphatic carbocycles. The van der Waals surface area contributed by atoms with E-state index in [1.54, 1.807) is 18.4 Å². The van der Waals surface area contributed by atoms with E-state index in [4.69, 9.17) is 10.8 Å². The third-order valence-electron chi connectivity index (χ3n) is 6.72. The van der Waals surface area contributed by atoms with Gasteiger partial charge in [-0.3, -0.25) is 19.3 Å². The fraction of sp³-hybridized carbons (Fsp3) is 0.423. The number of imide groups is 1. The smallest absolute Gasteiger partial charge is 0.241 e. The number of likely N-dealkylation sites (tertiary alicyclic amines) is 1. The van der Waals surface area contributed by atoms with Crippen LogP contribution in [0.4, 0.5) is 0 Å². The van der Waals surface area contributed by atoms with Crippen molar-refractivity contribution in [1.82, 2.24) is 9.80 Å². The summed E-state index contributed by atoms with van der Waals surface area (Å²) in [6, 6.07) is 11.0. The predicted molar refractivity (Wildman–Crippen MR) is 119 cm³/mol. The summed E-state index contributed by atoms with van der Waals surface area (Å²) in [7, 11) is 0. The molecule has 3 amide bonds. The topological polar surface area (TPSA) is 70.8 Å². The average Bonchev–Trinajstić information content (AvgIpc) is 3.51. The first-order valence-electron chi connectivity index (χ1n) is 11.1. The molecule has 1 aromatic carbocycles. The minimum Gasteiger partial charge on any atom is -0.467 e. The molecule has 2 aromatic rings.